The molecule has 0 N–H and O–H groups in total. The fraction of sp³-hybridized carbons (Fsp3) is 0.100. The summed E-state index contributed by atoms with van der Waals surface area (Å²) >= 11 is 0. The molecule has 0 spiro atoms. The molecule has 0 heterocycles. The summed E-state index contributed by atoms with van der Waals surface area (Å²) in [5.41, 5.74) is 20.9. The molecule has 0 nitrogen and oxygen atoms in total. The third-order valence-electron chi connectivity index (χ3n) is 14.1. The second-order valence-corrected chi connectivity index (χ2v) is 18.0. The molecule has 0 saturated heterocycles. The minimum absolute atomic E-state index is 0.0538. The van der Waals surface area contributed by atoms with E-state index in [2.05, 4.69) is 222 Å². The van der Waals surface area contributed by atoms with Crippen molar-refractivity contribution in [1.82, 2.24) is 0 Å². The van der Waals surface area contributed by atoms with Gasteiger partial charge in [-0.15, -0.1) is 0 Å². The van der Waals surface area contributed by atoms with Crippen LogP contribution in [0.3, 0.4) is 0 Å². The molecule has 0 fully saturated rings. The number of hydrogen-bond acceptors (Lipinski definition) is 0. The first-order valence-corrected chi connectivity index (χ1v) is 21.3. The average molecular weight is 765 g/mol. The van der Waals surface area contributed by atoms with Gasteiger partial charge in [0, 0.05) is 10.8 Å². The van der Waals surface area contributed by atoms with Crippen molar-refractivity contribution >= 4 is 32.3 Å². The summed E-state index contributed by atoms with van der Waals surface area (Å²) in [4.78, 5) is 0. The minimum Gasteiger partial charge on any atom is -0.0619 e. The van der Waals surface area contributed by atoms with E-state index < -0.39 is 0 Å². The van der Waals surface area contributed by atoms with Crippen molar-refractivity contribution in [1.29, 1.82) is 0 Å². The summed E-state index contributed by atoms with van der Waals surface area (Å²) < 4.78 is 0. The van der Waals surface area contributed by atoms with E-state index in [-0.39, 0.29) is 10.8 Å². The van der Waals surface area contributed by atoms with E-state index in [4.69, 9.17) is 0 Å². The topological polar surface area (TPSA) is 0 Å². The molecular formula is C60H44. The molecule has 284 valence electrons. The molecule has 2 aliphatic carbocycles. The molecule has 12 rings (SSSR count). The van der Waals surface area contributed by atoms with Gasteiger partial charge >= 0.3 is 0 Å². The van der Waals surface area contributed by atoms with E-state index in [1.54, 1.807) is 0 Å². The van der Waals surface area contributed by atoms with Gasteiger partial charge in [-0.25, -0.2) is 0 Å². The Balaban J connectivity index is 1.13. The molecule has 0 heteroatoms. The SMILES string of the molecule is CC1(C)c2ccccc2-c2cc(-c3c4ccccc4c(-c4cccc(-c5cccc6ccccc56)c4)c4ccc(-c5ccc6c(c5)C(C)(C)c5ccccc5-6)cc34)ccc21. The quantitative estimate of drug-likeness (QED) is 0.157. The summed E-state index contributed by atoms with van der Waals surface area (Å²) in [5, 5.41) is 7.59. The van der Waals surface area contributed by atoms with Crippen molar-refractivity contribution in [3.8, 4) is 66.8 Å². The molecule has 10 aromatic carbocycles. The molecule has 0 atom stereocenters. The third kappa shape index (κ3) is 4.98. The van der Waals surface area contributed by atoms with Gasteiger partial charge in [-0.2, -0.15) is 0 Å². The monoisotopic (exact) mass is 764 g/mol. The average Bonchev–Trinajstić information content (AvgIpc) is 3.66. The van der Waals surface area contributed by atoms with Gasteiger partial charge in [-0.3, -0.25) is 0 Å². The maximum Gasteiger partial charge on any atom is 0.0159 e. The van der Waals surface area contributed by atoms with Crippen LogP contribution < -0.4 is 0 Å². The summed E-state index contributed by atoms with van der Waals surface area (Å²) in [6, 6.07) is 73.2. The van der Waals surface area contributed by atoms with Crippen molar-refractivity contribution in [2.75, 3.05) is 0 Å². The van der Waals surface area contributed by atoms with Gasteiger partial charge in [-0.05, 0) is 146 Å². The maximum absolute atomic E-state index is 2.48. The van der Waals surface area contributed by atoms with E-state index in [1.807, 2.05) is 0 Å². The number of hydrogen-bond donors (Lipinski definition) is 0. The third-order valence-corrected chi connectivity index (χ3v) is 14.1. The van der Waals surface area contributed by atoms with Crippen LogP contribution in [0.25, 0.3) is 99.1 Å². The normalized spacial score (nSPS) is 14.3. The molecule has 2 aliphatic rings. The second-order valence-electron chi connectivity index (χ2n) is 18.0. The number of fused-ring (bicyclic) bond motifs is 9. The second kappa shape index (κ2) is 12.7. The minimum atomic E-state index is -0.0725. The number of benzene rings is 10. The molecule has 0 amide bonds. The van der Waals surface area contributed by atoms with Crippen LogP contribution in [0.2, 0.25) is 0 Å². The summed E-state index contributed by atoms with van der Waals surface area (Å²) in [6.45, 7) is 9.48. The highest BCUT2D eigenvalue weighted by Crippen LogP contribution is 2.53. The van der Waals surface area contributed by atoms with Crippen molar-refractivity contribution in [2.45, 2.75) is 38.5 Å². The standard InChI is InChI=1S/C60H44/c1-59(2)54-26-12-10-21-46(54)51-35-42(29-32-55(51)59)58-49-23-8-7-22-48(49)57(41-18-13-17-40(33-41)44-24-14-16-37-15-5-6-19-43(37)44)50-31-28-38(34-52(50)58)39-27-30-47-45-20-9-11-25-53(45)60(3,4)56(47)36-39/h5-36H,1-4H3. The van der Waals surface area contributed by atoms with Crippen molar-refractivity contribution in [3.63, 3.8) is 0 Å². The van der Waals surface area contributed by atoms with Crippen LogP contribution in [-0.2, 0) is 10.8 Å². The zero-order valence-electron chi connectivity index (χ0n) is 34.5. The molecule has 0 saturated carbocycles. The highest BCUT2D eigenvalue weighted by molar-refractivity contribution is 6.22. The largest absolute Gasteiger partial charge is 0.0619 e. The van der Waals surface area contributed by atoms with Gasteiger partial charge in [0.1, 0.15) is 0 Å². The summed E-state index contributed by atoms with van der Waals surface area (Å²) in [5.74, 6) is 0. The van der Waals surface area contributed by atoms with Crippen LogP contribution in [0.1, 0.15) is 49.9 Å². The van der Waals surface area contributed by atoms with E-state index in [9.17, 15) is 0 Å². The zero-order valence-corrected chi connectivity index (χ0v) is 34.5. The van der Waals surface area contributed by atoms with Crippen LogP contribution in [0.4, 0.5) is 0 Å². The van der Waals surface area contributed by atoms with Gasteiger partial charge in [0.15, 0.2) is 0 Å². The fourth-order valence-electron chi connectivity index (χ4n) is 11.1. The van der Waals surface area contributed by atoms with Gasteiger partial charge in [0.25, 0.3) is 0 Å². The Morgan fingerprint density at radius 2 is 0.733 bits per heavy atom. The Kier molecular flexibility index (Phi) is 7.42. The Morgan fingerprint density at radius 3 is 1.52 bits per heavy atom. The van der Waals surface area contributed by atoms with Crippen molar-refractivity contribution in [2.24, 2.45) is 0 Å². The fourth-order valence-corrected chi connectivity index (χ4v) is 11.1. The highest BCUT2D eigenvalue weighted by atomic mass is 14.4. The van der Waals surface area contributed by atoms with Gasteiger partial charge < -0.3 is 0 Å². The maximum atomic E-state index is 2.48. The Hall–Kier alpha value is -7.02. The molecule has 60 heavy (non-hydrogen) atoms. The van der Waals surface area contributed by atoms with E-state index in [0.29, 0.717) is 0 Å². The van der Waals surface area contributed by atoms with Gasteiger partial charge in [-0.1, -0.05) is 198 Å². The molecule has 0 aromatic heterocycles. The number of rotatable bonds is 4. The van der Waals surface area contributed by atoms with Crippen LogP contribution >= 0.6 is 0 Å². The van der Waals surface area contributed by atoms with E-state index in [1.165, 1.54) is 121 Å². The summed E-state index contributed by atoms with van der Waals surface area (Å²) in [6.07, 6.45) is 0. The predicted molar refractivity (Wildman–Crippen MR) is 256 cm³/mol. The molecule has 0 unspecified atom stereocenters. The van der Waals surface area contributed by atoms with E-state index in [0.717, 1.165) is 0 Å². The van der Waals surface area contributed by atoms with Crippen molar-refractivity contribution in [3.05, 3.63) is 216 Å². The van der Waals surface area contributed by atoms with Crippen LogP contribution in [0, 0.1) is 0 Å². The lowest BCUT2D eigenvalue weighted by Gasteiger charge is -2.23. The van der Waals surface area contributed by atoms with Crippen molar-refractivity contribution < 1.29 is 0 Å². The molecule has 10 aromatic rings. The first-order chi connectivity index (χ1) is 29.3. The lowest BCUT2D eigenvalue weighted by molar-refractivity contribution is 0.660. The molecular weight excluding hydrogens is 721 g/mol. The van der Waals surface area contributed by atoms with Crippen LogP contribution in [-0.4, -0.2) is 0 Å². The predicted octanol–water partition coefficient (Wildman–Crippen LogP) is 16.4. The lowest BCUT2D eigenvalue weighted by atomic mass is 9.80. The van der Waals surface area contributed by atoms with Crippen LogP contribution in [0.15, 0.2) is 194 Å². The Morgan fingerprint density at radius 1 is 0.250 bits per heavy atom. The zero-order chi connectivity index (χ0) is 40.3. The smallest absolute Gasteiger partial charge is 0.0159 e. The molecule has 0 aliphatic heterocycles. The first kappa shape index (κ1) is 35.0. The highest BCUT2D eigenvalue weighted by Gasteiger charge is 2.36. The van der Waals surface area contributed by atoms with E-state index >= 15 is 0 Å². The Bertz CT molecular complexity index is 3420. The van der Waals surface area contributed by atoms with Gasteiger partial charge in [0.05, 0.1) is 0 Å². The molecule has 0 bridgehead atoms. The van der Waals surface area contributed by atoms with Gasteiger partial charge in [0.2, 0.25) is 0 Å². The van der Waals surface area contributed by atoms with Crippen LogP contribution in [0.5, 0.6) is 0 Å². The Labute approximate surface area is 352 Å². The lowest BCUT2D eigenvalue weighted by Crippen LogP contribution is -2.14. The first-order valence-electron chi connectivity index (χ1n) is 21.3. The molecule has 0 radical (unpaired) electrons. The summed E-state index contributed by atoms with van der Waals surface area (Å²) in [7, 11) is 0.